The molecule has 106 valence electrons. The summed E-state index contributed by atoms with van der Waals surface area (Å²) < 4.78 is 0. The average Bonchev–Trinajstić information content (AvgIpc) is 2.92. The third kappa shape index (κ3) is 3.68. The highest BCUT2D eigenvalue weighted by atomic mass is 16.2. The number of aromatic amines is 1. The number of nitrogens with one attached hydrogen (secondary N) is 2. The smallest absolute Gasteiger partial charge is 0.241 e. The number of carbonyl (C=O) groups excluding carboxylic acids is 1. The molecule has 5 nitrogen and oxygen atoms in total. The highest BCUT2D eigenvalue weighted by Crippen LogP contribution is 2.19. The Balaban J connectivity index is 1.99. The molecule has 0 aliphatic carbocycles. The molecule has 5 heteroatoms. The summed E-state index contributed by atoms with van der Waals surface area (Å²) in [5, 5.41) is 9.63. The van der Waals surface area contributed by atoms with Crippen molar-refractivity contribution in [2.75, 3.05) is 5.32 Å². The van der Waals surface area contributed by atoms with Crippen LogP contribution in [0.2, 0.25) is 0 Å². The van der Waals surface area contributed by atoms with Crippen molar-refractivity contribution < 1.29 is 4.79 Å². The molecule has 1 amide bonds. The molecule has 0 radical (unpaired) electrons. The van der Waals surface area contributed by atoms with E-state index < -0.39 is 6.04 Å². The molecule has 1 aromatic heterocycles. The van der Waals surface area contributed by atoms with Crippen LogP contribution in [-0.4, -0.2) is 22.1 Å². The molecular formula is C15H20N4O. The van der Waals surface area contributed by atoms with E-state index in [9.17, 15) is 4.79 Å². The largest absolute Gasteiger partial charge is 0.325 e. The Morgan fingerprint density at radius 2 is 2.00 bits per heavy atom. The molecule has 2 rings (SSSR count). The first-order valence-corrected chi connectivity index (χ1v) is 6.72. The molecule has 0 aliphatic rings. The summed E-state index contributed by atoms with van der Waals surface area (Å²) in [5.74, 6) is 0.256. The predicted octanol–water partition coefficient (Wildman–Crippen LogP) is 2.39. The summed E-state index contributed by atoms with van der Waals surface area (Å²) in [4.78, 5) is 11.9. The zero-order chi connectivity index (χ0) is 14.5. The molecule has 0 spiro atoms. The monoisotopic (exact) mass is 272 g/mol. The van der Waals surface area contributed by atoms with Gasteiger partial charge in [0.2, 0.25) is 5.91 Å². The molecule has 1 atom stereocenters. The third-order valence-electron chi connectivity index (χ3n) is 3.03. The molecule has 1 unspecified atom stereocenters. The standard InChI is InChI=1S/C15H20N4O/c1-10(2)9-13(16)15(20)18-12-5-3-11(4-6-12)14-7-8-17-19-14/h3-8,10,13H,9,16H2,1-2H3,(H,17,19)(H,18,20). The summed E-state index contributed by atoms with van der Waals surface area (Å²) in [6.45, 7) is 4.10. The van der Waals surface area contributed by atoms with Crippen molar-refractivity contribution in [3.63, 3.8) is 0 Å². The average molecular weight is 272 g/mol. The van der Waals surface area contributed by atoms with Gasteiger partial charge in [0, 0.05) is 11.9 Å². The number of benzene rings is 1. The highest BCUT2D eigenvalue weighted by molar-refractivity contribution is 5.94. The molecule has 0 fully saturated rings. The first-order chi connectivity index (χ1) is 9.56. The summed E-state index contributed by atoms with van der Waals surface area (Å²) in [5.41, 5.74) is 8.56. The normalized spacial score (nSPS) is 12.4. The zero-order valence-electron chi connectivity index (χ0n) is 11.8. The number of rotatable bonds is 5. The van der Waals surface area contributed by atoms with Gasteiger partial charge in [-0.1, -0.05) is 26.0 Å². The van der Waals surface area contributed by atoms with Crippen molar-refractivity contribution in [3.8, 4) is 11.3 Å². The molecule has 4 N–H and O–H groups in total. The zero-order valence-corrected chi connectivity index (χ0v) is 11.8. The van der Waals surface area contributed by atoms with Gasteiger partial charge in [-0.15, -0.1) is 0 Å². The minimum absolute atomic E-state index is 0.145. The Kier molecular flexibility index (Phi) is 4.53. The van der Waals surface area contributed by atoms with Crippen molar-refractivity contribution in [1.82, 2.24) is 10.2 Å². The first-order valence-electron chi connectivity index (χ1n) is 6.72. The number of hydrogen-bond donors (Lipinski definition) is 3. The number of hydrogen-bond acceptors (Lipinski definition) is 3. The van der Waals surface area contributed by atoms with Crippen LogP contribution in [0.3, 0.4) is 0 Å². The SMILES string of the molecule is CC(C)CC(N)C(=O)Nc1ccc(-c2ccn[nH]2)cc1. The van der Waals surface area contributed by atoms with Gasteiger partial charge in [0.05, 0.1) is 11.7 Å². The molecule has 0 saturated heterocycles. The second-order valence-corrected chi connectivity index (χ2v) is 5.27. The van der Waals surface area contributed by atoms with Gasteiger partial charge in [-0.3, -0.25) is 9.89 Å². The summed E-state index contributed by atoms with van der Waals surface area (Å²) in [6.07, 6.45) is 2.38. The van der Waals surface area contributed by atoms with Crippen LogP contribution >= 0.6 is 0 Å². The fourth-order valence-electron chi connectivity index (χ4n) is 2.00. The minimum atomic E-state index is -0.470. The fraction of sp³-hybridized carbons (Fsp3) is 0.333. The summed E-state index contributed by atoms with van der Waals surface area (Å²) in [6, 6.07) is 8.99. The maximum absolute atomic E-state index is 11.9. The maximum atomic E-state index is 11.9. The minimum Gasteiger partial charge on any atom is -0.325 e. The molecule has 0 aliphatic heterocycles. The van der Waals surface area contributed by atoms with Gasteiger partial charge in [-0.25, -0.2) is 0 Å². The predicted molar refractivity (Wildman–Crippen MR) is 80.1 cm³/mol. The van der Waals surface area contributed by atoms with Crippen LogP contribution in [0.1, 0.15) is 20.3 Å². The molecule has 2 aromatic rings. The van der Waals surface area contributed by atoms with Gasteiger partial charge in [-0.05, 0) is 36.1 Å². The Hall–Kier alpha value is -2.14. The van der Waals surface area contributed by atoms with Crippen LogP contribution in [0.25, 0.3) is 11.3 Å². The van der Waals surface area contributed by atoms with E-state index in [2.05, 4.69) is 15.5 Å². The van der Waals surface area contributed by atoms with Crippen molar-refractivity contribution >= 4 is 11.6 Å². The number of H-pyrrole nitrogens is 1. The molecule has 1 heterocycles. The summed E-state index contributed by atoms with van der Waals surface area (Å²) >= 11 is 0. The number of nitrogens with two attached hydrogens (primary N) is 1. The first kappa shape index (κ1) is 14.3. The lowest BCUT2D eigenvalue weighted by Gasteiger charge is -2.14. The molecule has 0 saturated carbocycles. The Bertz CT molecular complexity index is 546. The van der Waals surface area contributed by atoms with Gasteiger partial charge in [0.15, 0.2) is 0 Å². The number of anilines is 1. The van der Waals surface area contributed by atoms with E-state index in [4.69, 9.17) is 5.73 Å². The lowest BCUT2D eigenvalue weighted by molar-refractivity contribution is -0.117. The molecular weight excluding hydrogens is 252 g/mol. The Morgan fingerprint density at radius 3 is 2.55 bits per heavy atom. The topological polar surface area (TPSA) is 83.8 Å². The number of carbonyl (C=O) groups is 1. The third-order valence-corrected chi connectivity index (χ3v) is 3.03. The van der Waals surface area contributed by atoms with E-state index in [1.807, 2.05) is 44.2 Å². The van der Waals surface area contributed by atoms with Gasteiger partial charge >= 0.3 is 0 Å². The highest BCUT2D eigenvalue weighted by Gasteiger charge is 2.14. The van der Waals surface area contributed by atoms with Gasteiger partial charge in [-0.2, -0.15) is 5.10 Å². The van der Waals surface area contributed by atoms with Gasteiger partial charge in [0.1, 0.15) is 0 Å². The van der Waals surface area contributed by atoms with E-state index in [1.54, 1.807) is 6.20 Å². The van der Waals surface area contributed by atoms with E-state index in [-0.39, 0.29) is 5.91 Å². The van der Waals surface area contributed by atoms with Crippen molar-refractivity contribution in [2.45, 2.75) is 26.3 Å². The van der Waals surface area contributed by atoms with Crippen molar-refractivity contribution in [3.05, 3.63) is 36.5 Å². The molecule has 1 aromatic carbocycles. The van der Waals surface area contributed by atoms with Gasteiger partial charge in [0.25, 0.3) is 0 Å². The van der Waals surface area contributed by atoms with Crippen LogP contribution in [0.15, 0.2) is 36.5 Å². The second-order valence-electron chi connectivity index (χ2n) is 5.27. The maximum Gasteiger partial charge on any atom is 0.241 e. The van der Waals surface area contributed by atoms with Crippen LogP contribution in [-0.2, 0) is 4.79 Å². The van der Waals surface area contributed by atoms with Crippen LogP contribution < -0.4 is 11.1 Å². The number of nitrogens with zero attached hydrogens (tertiary/aromatic N) is 1. The number of aromatic nitrogens is 2. The molecule has 0 bridgehead atoms. The fourth-order valence-corrected chi connectivity index (χ4v) is 2.00. The second kappa shape index (κ2) is 6.34. The quantitative estimate of drug-likeness (QED) is 0.781. The lowest BCUT2D eigenvalue weighted by atomic mass is 10.0. The summed E-state index contributed by atoms with van der Waals surface area (Å²) in [7, 11) is 0. The van der Waals surface area contributed by atoms with Crippen molar-refractivity contribution in [1.29, 1.82) is 0 Å². The van der Waals surface area contributed by atoms with Crippen molar-refractivity contribution in [2.24, 2.45) is 11.7 Å². The van der Waals surface area contributed by atoms with Gasteiger partial charge < -0.3 is 11.1 Å². The number of amides is 1. The Morgan fingerprint density at radius 1 is 1.30 bits per heavy atom. The lowest BCUT2D eigenvalue weighted by Crippen LogP contribution is -2.36. The van der Waals surface area contributed by atoms with E-state index in [1.165, 1.54) is 0 Å². The Labute approximate surface area is 118 Å². The van der Waals surface area contributed by atoms with E-state index in [0.717, 1.165) is 16.9 Å². The van der Waals surface area contributed by atoms with Crippen LogP contribution in [0.4, 0.5) is 5.69 Å². The molecule has 20 heavy (non-hydrogen) atoms. The van der Waals surface area contributed by atoms with E-state index >= 15 is 0 Å². The van der Waals surface area contributed by atoms with Crippen LogP contribution in [0.5, 0.6) is 0 Å². The van der Waals surface area contributed by atoms with Crippen LogP contribution in [0, 0.1) is 5.92 Å². The van der Waals surface area contributed by atoms with E-state index in [0.29, 0.717) is 12.3 Å².